The van der Waals surface area contributed by atoms with Crippen LogP contribution in [-0.2, 0) is 9.53 Å². The smallest absolute Gasteiger partial charge is 0.246 e. The molecule has 2 rings (SSSR count). The van der Waals surface area contributed by atoms with Gasteiger partial charge in [0.2, 0.25) is 5.91 Å². The highest BCUT2D eigenvalue weighted by Crippen LogP contribution is 2.27. The van der Waals surface area contributed by atoms with E-state index in [1.807, 2.05) is 0 Å². The summed E-state index contributed by atoms with van der Waals surface area (Å²) in [7, 11) is 0. The van der Waals surface area contributed by atoms with Crippen LogP contribution in [0.1, 0.15) is 51.9 Å². The van der Waals surface area contributed by atoms with Crippen molar-refractivity contribution in [2.24, 2.45) is 5.92 Å². The fraction of sp³-hybridized carbons (Fsp3) is 0.933. The molecule has 0 saturated heterocycles. The maximum atomic E-state index is 11.6. The Morgan fingerprint density at radius 1 is 1.16 bits per heavy atom. The van der Waals surface area contributed by atoms with Crippen molar-refractivity contribution in [3.63, 3.8) is 0 Å². The van der Waals surface area contributed by atoms with Gasteiger partial charge in [0.1, 0.15) is 6.61 Å². The van der Waals surface area contributed by atoms with Crippen molar-refractivity contribution in [3.8, 4) is 0 Å². The third-order valence-corrected chi connectivity index (χ3v) is 4.09. The fourth-order valence-corrected chi connectivity index (χ4v) is 2.61. The molecule has 0 aromatic rings. The molecule has 0 bridgehead atoms. The standard InChI is InChI=1S/C15H28N2O2/c1-2-9-16-13-5-7-14(8-6-13)19-11-15(18)17-10-12-3-4-12/h12-14,16H,2-11H2,1H3,(H,17,18). The van der Waals surface area contributed by atoms with Crippen molar-refractivity contribution in [1.29, 1.82) is 0 Å². The van der Waals surface area contributed by atoms with Crippen LogP contribution in [0.4, 0.5) is 0 Å². The third kappa shape index (κ3) is 5.91. The minimum atomic E-state index is 0.0538. The van der Waals surface area contributed by atoms with Gasteiger partial charge in [-0.1, -0.05) is 6.92 Å². The molecular formula is C15H28N2O2. The van der Waals surface area contributed by atoms with Gasteiger partial charge in [-0.15, -0.1) is 0 Å². The summed E-state index contributed by atoms with van der Waals surface area (Å²) >= 11 is 0. The van der Waals surface area contributed by atoms with E-state index >= 15 is 0 Å². The topological polar surface area (TPSA) is 50.4 Å². The van der Waals surface area contributed by atoms with Crippen molar-refractivity contribution < 1.29 is 9.53 Å². The van der Waals surface area contributed by atoms with Crippen LogP contribution in [0.2, 0.25) is 0 Å². The number of hydrogen-bond donors (Lipinski definition) is 2. The molecule has 0 heterocycles. The largest absolute Gasteiger partial charge is 0.368 e. The Morgan fingerprint density at radius 2 is 1.89 bits per heavy atom. The Bertz CT molecular complexity index is 271. The van der Waals surface area contributed by atoms with Gasteiger partial charge in [0.15, 0.2) is 0 Å². The lowest BCUT2D eigenvalue weighted by Gasteiger charge is -2.29. The first-order valence-corrected chi connectivity index (χ1v) is 7.89. The zero-order valence-corrected chi connectivity index (χ0v) is 12.1. The molecule has 0 aromatic heterocycles. The van der Waals surface area contributed by atoms with E-state index < -0.39 is 0 Å². The van der Waals surface area contributed by atoms with E-state index in [0.29, 0.717) is 6.04 Å². The molecule has 0 aromatic carbocycles. The van der Waals surface area contributed by atoms with E-state index in [1.54, 1.807) is 0 Å². The second-order valence-corrected chi connectivity index (χ2v) is 5.99. The van der Waals surface area contributed by atoms with Crippen LogP contribution in [0, 0.1) is 5.92 Å². The van der Waals surface area contributed by atoms with Gasteiger partial charge in [-0.25, -0.2) is 0 Å². The summed E-state index contributed by atoms with van der Waals surface area (Å²) < 4.78 is 5.71. The summed E-state index contributed by atoms with van der Waals surface area (Å²) in [6.07, 6.45) is 8.53. The Balaban J connectivity index is 1.51. The Kier molecular flexibility index (Phi) is 6.11. The molecular weight excluding hydrogens is 240 g/mol. The van der Waals surface area contributed by atoms with Gasteiger partial charge in [0.05, 0.1) is 6.10 Å². The zero-order valence-electron chi connectivity index (χ0n) is 12.1. The quantitative estimate of drug-likeness (QED) is 0.706. The van der Waals surface area contributed by atoms with Crippen LogP contribution in [-0.4, -0.2) is 37.7 Å². The van der Waals surface area contributed by atoms with E-state index in [2.05, 4.69) is 17.6 Å². The van der Waals surface area contributed by atoms with Crippen molar-refractivity contribution >= 4 is 5.91 Å². The van der Waals surface area contributed by atoms with E-state index in [1.165, 1.54) is 32.1 Å². The lowest BCUT2D eigenvalue weighted by Crippen LogP contribution is -2.37. The first-order chi connectivity index (χ1) is 9.28. The molecule has 2 aliphatic carbocycles. The van der Waals surface area contributed by atoms with E-state index in [9.17, 15) is 4.79 Å². The second kappa shape index (κ2) is 7.85. The Hall–Kier alpha value is -0.610. The number of ether oxygens (including phenoxy) is 1. The normalized spacial score (nSPS) is 27.2. The van der Waals surface area contributed by atoms with E-state index in [-0.39, 0.29) is 18.6 Å². The summed E-state index contributed by atoms with van der Waals surface area (Å²) in [6.45, 7) is 4.39. The Labute approximate surface area is 116 Å². The predicted molar refractivity (Wildman–Crippen MR) is 76.0 cm³/mol. The predicted octanol–water partition coefficient (Wildman–Crippen LogP) is 1.84. The van der Waals surface area contributed by atoms with Gasteiger partial charge in [-0.05, 0) is 57.4 Å². The minimum absolute atomic E-state index is 0.0538. The lowest BCUT2D eigenvalue weighted by atomic mass is 9.93. The van der Waals surface area contributed by atoms with Crippen LogP contribution < -0.4 is 10.6 Å². The van der Waals surface area contributed by atoms with Crippen LogP contribution in [0.25, 0.3) is 0 Å². The van der Waals surface area contributed by atoms with E-state index in [0.717, 1.165) is 31.8 Å². The van der Waals surface area contributed by atoms with Gasteiger partial charge in [0, 0.05) is 12.6 Å². The molecule has 19 heavy (non-hydrogen) atoms. The molecule has 2 aliphatic rings. The molecule has 2 fully saturated rings. The zero-order chi connectivity index (χ0) is 13.5. The molecule has 0 aliphatic heterocycles. The minimum Gasteiger partial charge on any atom is -0.368 e. The van der Waals surface area contributed by atoms with Crippen molar-refractivity contribution in [2.45, 2.75) is 64.0 Å². The lowest BCUT2D eigenvalue weighted by molar-refractivity contribution is -0.128. The van der Waals surface area contributed by atoms with Crippen molar-refractivity contribution in [3.05, 3.63) is 0 Å². The number of hydrogen-bond acceptors (Lipinski definition) is 3. The highest BCUT2D eigenvalue weighted by atomic mass is 16.5. The van der Waals surface area contributed by atoms with E-state index in [4.69, 9.17) is 4.74 Å². The average molecular weight is 268 g/mol. The molecule has 0 spiro atoms. The van der Waals surface area contributed by atoms with Crippen LogP contribution in [0.5, 0.6) is 0 Å². The number of nitrogens with one attached hydrogen (secondary N) is 2. The van der Waals surface area contributed by atoms with Gasteiger partial charge < -0.3 is 15.4 Å². The monoisotopic (exact) mass is 268 g/mol. The maximum Gasteiger partial charge on any atom is 0.246 e. The molecule has 110 valence electrons. The van der Waals surface area contributed by atoms with Crippen molar-refractivity contribution in [1.82, 2.24) is 10.6 Å². The SMILES string of the molecule is CCCNC1CCC(OCC(=O)NCC2CC2)CC1. The molecule has 0 radical (unpaired) electrons. The van der Waals surface area contributed by atoms with Gasteiger partial charge >= 0.3 is 0 Å². The second-order valence-electron chi connectivity index (χ2n) is 5.99. The molecule has 0 unspecified atom stereocenters. The maximum absolute atomic E-state index is 11.6. The summed E-state index contributed by atoms with van der Waals surface area (Å²) in [5.41, 5.74) is 0. The van der Waals surface area contributed by atoms with Gasteiger partial charge in [-0.3, -0.25) is 4.79 Å². The number of rotatable bonds is 8. The van der Waals surface area contributed by atoms with Crippen LogP contribution in [0.15, 0.2) is 0 Å². The van der Waals surface area contributed by atoms with Crippen LogP contribution >= 0.6 is 0 Å². The molecule has 4 nitrogen and oxygen atoms in total. The molecule has 2 saturated carbocycles. The molecule has 1 amide bonds. The number of amides is 1. The summed E-state index contributed by atoms with van der Waals surface area (Å²) in [5.74, 6) is 0.794. The summed E-state index contributed by atoms with van der Waals surface area (Å²) in [6, 6.07) is 0.656. The van der Waals surface area contributed by atoms with Gasteiger partial charge in [0.25, 0.3) is 0 Å². The van der Waals surface area contributed by atoms with Crippen LogP contribution in [0.3, 0.4) is 0 Å². The number of carbonyl (C=O) groups excluding carboxylic acids is 1. The highest BCUT2D eigenvalue weighted by molar-refractivity contribution is 5.77. The molecule has 2 N–H and O–H groups in total. The molecule has 0 atom stereocenters. The number of carbonyl (C=O) groups is 1. The first-order valence-electron chi connectivity index (χ1n) is 7.89. The fourth-order valence-electron chi connectivity index (χ4n) is 2.61. The average Bonchev–Trinajstić information content (AvgIpc) is 3.26. The first kappa shape index (κ1) is 14.8. The summed E-state index contributed by atoms with van der Waals surface area (Å²) in [5, 5.41) is 6.51. The third-order valence-electron chi connectivity index (χ3n) is 4.09. The van der Waals surface area contributed by atoms with Crippen molar-refractivity contribution in [2.75, 3.05) is 19.7 Å². The summed E-state index contributed by atoms with van der Waals surface area (Å²) in [4.78, 5) is 11.6. The molecule has 4 heteroatoms. The van der Waals surface area contributed by atoms with Gasteiger partial charge in [-0.2, -0.15) is 0 Å². The Morgan fingerprint density at radius 3 is 2.53 bits per heavy atom. The highest BCUT2D eigenvalue weighted by Gasteiger charge is 2.23.